The zero-order valence-corrected chi connectivity index (χ0v) is 26.8. The molecule has 0 saturated carbocycles. The Balaban J connectivity index is 1.38. The summed E-state index contributed by atoms with van der Waals surface area (Å²) < 4.78 is 42.0. The normalized spacial score (nSPS) is 16.7. The summed E-state index contributed by atoms with van der Waals surface area (Å²) in [5.74, 6) is -6.44. The molecule has 1 aliphatic rings. The fraction of sp³-hybridized carbons (Fsp3) is 0.212. The lowest BCUT2D eigenvalue weighted by Crippen LogP contribution is -2.46. The largest absolute Gasteiger partial charge is 0.463 e. The first-order valence-corrected chi connectivity index (χ1v) is 15.0. The van der Waals surface area contributed by atoms with Crippen LogP contribution in [0.15, 0.2) is 82.6 Å². The molecule has 3 atom stereocenters. The van der Waals surface area contributed by atoms with Crippen molar-refractivity contribution >= 4 is 41.4 Å². The van der Waals surface area contributed by atoms with E-state index in [4.69, 9.17) is 35.3 Å². The number of carbonyl (C=O) groups excluding carboxylic acids is 5. The maximum atomic E-state index is 14.9. The van der Waals surface area contributed by atoms with Gasteiger partial charge in [-0.1, -0.05) is 35.9 Å². The van der Waals surface area contributed by atoms with Crippen molar-refractivity contribution in [2.24, 2.45) is 0 Å². The molecule has 1 fully saturated rings. The summed E-state index contributed by atoms with van der Waals surface area (Å²) in [4.78, 5) is 92.0. The van der Waals surface area contributed by atoms with Crippen LogP contribution in [0.25, 0.3) is 0 Å². The van der Waals surface area contributed by atoms with Crippen LogP contribution in [0.2, 0.25) is 5.02 Å². The average molecular weight is 710 g/mol. The van der Waals surface area contributed by atoms with E-state index in [1.54, 1.807) is 18.2 Å². The van der Waals surface area contributed by atoms with Crippen molar-refractivity contribution in [1.29, 1.82) is 0 Å². The van der Waals surface area contributed by atoms with E-state index in [9.17, 15) is 38.0 Å². The van der Waals surface area contributed by atoms with Crippen molar-refractivity contribution in [3.63, 3.8) is 0 Å². The molecular formula is C33H25ClFN3O12. The number of aromatic nitrogens is 3. The number of esters is 4. The minimum atomic E-state index is -1.59. The van der Waals surface area contributed by atoms with Gasteiger partial charge in [0.05, 0.1) is 23.5 Å². The molecular weight excluding hydrogens is 685 g/mol. The lowest BCUT2D eigenvalue weighted by Gasteiger charge is -2.18. The number of benzene rings is 2. The standard InChI is InChI=1S/C33H25ClFN3O12/c1-17(39)46-16-26-25(47-18(2)40)13-28(48-26)37-15-23(35)30(42)38(33(37)45)29(41)20-9-6-10-21(11-20)32(44)49-24-12-27(36-14-22(24)34)50-31(43)19-7-4-3-5-8-19/h3-12,14-15,25-26,28H,13,16H2,1-2H3/t25-,26+,28+/m0/s1. The molecule has 3 heterocycles. The van der Waals surface area contributed by atoms with Gasteiger partial charge in [-0.2, -0.15) is 8.96 Å². The Hall–Kier alpha value is -6.00. The molecule has 17 heteroatoms. The highest BCUT2D eigenvalue weighted by Gasteiger charge is 2.40. The molecule has 0 N–H and O–H groups in total. The first kappa shape index (κ1) is 35.3. The zero-order valence-electron chi connectivity index (χ0n) is 26.1. The number of halogens is 2. The second-order valence-electron chi connectivity index (χ2n) is 10.6. The van der Waals surface area contributed by atoms with Crippen LogP contribution < -0.4 is 20.7 Å². The summed E-state index contributed by atoms with van der Waals surface area (Å²) in [6, 6.07) is 13.8. The van der Waals surface area contributed by atoms with Crippen LogP contribution in [0.1, 0.15) is 57.6 Å². The van der Waals surface area contributed by atoms with Gasteiger partial charge in [0.2, 0.25) is 11.7 Å². The van der Waals surface area contributed by atoms with Gasteiger partial charge in [0.1, 0.15) is 30.1 Å². The van der Waals surface area contributed by atoms with Gasteiger partial charge < -0.3 is 23.7 Å². The van der Waals surface area contributed by atoms with Gasteiger partial charge in [-0.3, -0.25) is 23.7 Å². The molecule has 258 valence electrons. The van der Waals surface area contributed by atoms with Crippen LogP contribution in [-0.2, 0) is 23.8 Å². The summed E-state index contributed by atoms with van der Waals surface area (Å²) in [5.41, 5.74) is -3.29. The number of rotatable bonds is 9. The van der Waals surface area contributed by atoms with Crippen molar-refractivity contribution in [1.82, 2.24) is 14.1 Å². The Morgan fingerprint density at radius 2 is 1.60 bits per heavy atom. The SMILES string of the molecule is CC(=O)OC[C@H]1O[C@@H](n2cc(F)c(=O)n(C(=O)c3cccc(C(=O)Oc4cc(OC(=O)c5ccccc5)ncc4Cl)c3)c2=O)C[C@@H]1OC(C)=O. The van der Waals surface area contributed by atoms with Crippen LogP contribution in [0.3, 0.4) is 0 Å². The third kappa shape index (κ3) is 7.99. The van der Waals surface area contributed by atoms with E-state index < -0.39 is 65.3 Å². The van der Waals surface area contributed by atoms with E-state index in [0.717, 1.165) is 32.2 Å². The predicted molar refractivity (Wildman–Crippen MR) is 167 cm³/mol. The molecule has 0 spiro atoms. The number of hydrogen-bond acceptors (Lipinski definition) is 13. The fourth-order valence-electron chi connectivity index (χ4n) is 4.82. The van der Waals surface area contributed by atoms with E-state index in [0.29, 0.717) is 10.8 Å². The summed E-state index contributed by atoms with van der Waals surface area (Å²) in [6.45, 7) is 1.89. The van der Waals surface area contributed by atoms with Gasteiger partial charge in [0.15, 0.2) is 5.75 Å². The fourth-order valence-corrected chi connectivity index (χ4v) is 4.96. The minimum absolute atomic E-state index is 0.0104. The van der Waals surface area contributed by atoms with E-state index in [-0.39, 0.29) is 50.9 Å². The monoisotopic (exact) mass is 709 g/mol. The van der Waals surface area contributed by atoms with Crippen molar-refractivity contribution in [2.45, 2.75) is 38.7 Å². The Morgan fingerprint density at radius 1 is 0.920 bits per heavy atom. The predicted octanol–water partition coefficient (Wildman–Crippen LogP) is 3.11. The number of nitrogens with zero attached hydrogens (tertiary/aromatic N) is 3. The molecule has 2 aromatic heterocycles. The number of pyridine rings is 1. The second-order valence-corrected chi connectivity index (χ2v) is 11.0. The minimum Gasteiger partial charge on any atom is -0.463 e. The second kappa shape index (κ2) is 15.0. The average Bonchev–Trinajstić information content (AvgIpc) is 3.48. The molecule has 1 aliphatic heterocycles. The smallest absolute Gasteiger partial charge is 0.344 e. The van der Waals surface area contributed by atoms with Crippen molar-refractivity contribution < 1.29 is 52.0 Å². The molecule has 0 unspecified atom stereocenters. The lowest BCUT2D eigenvalue weighted by atomic mass is 10.1. The summed E-state index contributed by atoms with van der Waals surface area (Å²) in [6.07, 6.45) is -2.02. The molecule has 0 aliphatic carbocycles. The summed E-state index contributed by atoms with van der Waals surface area (Å²) in [7, 11) is 0. The van der Waals surface area contributed by atoms with Crippen molar-refractivity contribution in [3.05, 3.63) is 121 Å². The molecule has 0 radical (unpaired) electrons. The van der Waals surface area contributed by atoms with Gasteiger partial charge in [-0.25, -0.2) is 19.4 Å². The number of ether oxygens (including phenoxy) is 5. The van der Waals surface area contributed by atoms with E-state index in [2.05, 4.69) is 4.98 Å². The molecule has 2 aromatic carbocycles. The summed E-state index contributed by atoms with van der Waals surface area (Å²) in [5, 5.41) is -0.128. The molecule has 4 aromatic rings. The molecule has 1 saturated heterocycles. The van der Waals surface area contributed by atoms with Crippen molar-refractivity contribution in [3.8, 4) is 11.6 Å². The van der Waals surface area contributed by atoms with Gasteiger partial charge in [-0.15, -0.1) is 0 Å². The number of hydrogen-bond donors (Lipinski definition) is 0. The Labute approximate surface area is 285 Å². The van der Waals surface area contributed by atoms with Crippen LogP contribution in [0, 0.1) is 5.82 Å². The molecule has 50 heavy (non-hydrogen) atoms. The van der Waals surface area contributed by atoms with Gasteiger partial charge in [-0.05, 0) is 30.3 Å². The van der Waals surface area contributed by atoms with E-state index in [1.165, 1.54) is 30.3 Å². The maximum Gasteiger partial charge on any atom is 0.344 e. The topological polar surface area (TPSA) is 188 Å². The molecule has 5 rings (SSSR count). The molecule has 0 amide bonds. The molecule has 0 bridgehead atoms. The Morgan fingerprint density at radius 3 is 2.30 bits per heavy atom. The van der Waals surface area contributed by atoms with E-state index >= 15 is 0 Å². The van der Waals surface area contributed by atoms with Gasteiger partial charge in [0.25, 0.3) is 11.5 Å². The first-order chi connectivity index (χ1) is 23.8. The third-order valence-corrected chi connectivity index (χ3v) is 7.37. The zero-order chi connectivity index (χ0) is 36.1. The highest BCUT2D eigenvalue weighted by Crippen LogP contribution is 2.31. The highest BCUT2D eigenvalue weighted by molar-refractivity contribution is 6.32. The quantitative estimate of drug-likeness (QED) is 0.231. The van der Waals surface area contributed by atoms with E-state index in [1.807, 2.05) is 0 Å². The Kier molecular flexibility index (Phi) is 10.6. The van der Waals surface area contributed by atoms with Crippen LogP contribution in [0.4, 0.5) is 4.39 Å². The lowest BCUT2D eigenvalue weighted by molar-refractivity contribution is -0.155. The number of carbonyl (C=O) groups is 5. The van der Waals surface area contributed by atoms with Crippen LogP contribution in [0.5, 0.6) is 11.6 Å². The molecule has 15 nitrogen and oxygen atoms in total. The highest BCUT2D eigenvalue weighted by atomic mass is 35.5. The van der Waals surface area contributed by atoms with Crippen LogP contribution >= 0.6 is 11.6 Å². The maximum absolute atomic E-state index is 14.9. The summed E-state index contributed by atoms with van der Waals surface area (Å²) >= 11 is 6.13. The van der Waals surface area contributed by atoms with Crippen molar-refractivity contribution in [2.75, 3.05) is 6.61 Å². The first-order valence-electron chi connectivity index (χ1n) is 14.6. The van der Waals surface area contributed by atoms with Gasteiger partial charge >= 0.3 is 29.6 Å². The van der Waals surface area contributed by atoms with Crippen LogP contribution in [-0.4, -0.2) is 62.7 Å². The van der Waals surface area contributed by atoms with Gasteiger partial charge in [0, 0.05) is 31.9 Å². The third-order valence-electron chi connectivity index (χ3n) is 7.08. The Bertz CT molecular complexity index is 2120.